The van der Waals surface area contributed by atoms with E-state index in [-0.39, 0.29) is 12.4 Å². The lowest BCUT2D eigenvalue weighted by Crippen LogP contribution is -2.40. The van der Waals surface area contributed by atoms with Crippen molar-refractivity contribution in [2.75, 3.05) is 18.5 Å². The van der Waals surface area contributed by atoms with Crippen molar-refractivity contribution in [1.29, 1.82) is 0 Å². The molecule has 0 spiro atoms. The number of para-hydroxylation sites is 2. The van der Waals surface area contributed by atoms with E-state index in [0.29, 0.717) is 23.8 Å². The molecule has 0 fully saturated rings. The summed E-state index contributed by atoms with van der Waals surface area (Å²) in [4.78, 5) is 12.6. The highest BCUT2D eigenvalue weighted by molar-refractivity contribution is 5.96. The van der Waals surface area contributed by atoms with Gasteiger partial charge in [0, 0.05) is 5.56 Å². The second-order valence-corrected chi connectivity index (χ2v) is 5.77. The van der Waals surface area contributed by atoms with Crippen molar-refractivity contribution in [2.24, 2.45) is 0 Å². The standard InChI is InChI=1S/C19H17N3O5/c1-2-24-13-9-7-12(8-10-13)17-18(22-27-21-17)20-19(23)16-11-25-14-5-3-4-6-15(14)26-16/h3-10,16H,2,11H2,1H3,(H,20,22,23). The lowest BCUT2D eigenvalue weighted by molar-refractivity contribution is -0.125. The summed E-state index contributed by atoms with van der Waals surface area (Å²) < 4.78 is 21.5. The molecule has 0 saturated heterocycles. The number of fused-ring (bicyclic) bond motifs is 1. The molecule has 1 aliphatic rings. The van der Waals surface area contributed by atoms with E-state index in [1.54, 1.807) is 12.1 Å². The molecule has 1 unspecified atom stereocenters. The third-order valence-corrected chi connectivity index (χ3v) is 3.97. The molecule has 1 amide bonds. The van der Waals surface area contributed by atoms with Crippen LogP contribution < -0.4 is 19.5 Å². The van der Waals surface area contributed by atoms with Crippen LogP contribution in [-0.2, 0) is 4.79 Å². The summed E-state index contributed by atoms with van der Waals surface area (Å²) in [5, 5.41) is 10.4. The van der Waals surface area contributed by atoms with Gasteiger partial charge in [0.15, 0.2) is 17.2 Å². The number of aromatic nitrogens is 2. The van der Waals surface area contributed by atoms with Gasteiger partial charge < -0.3 is 19.5 Å². The smallest absolute Gasteiger partial charge is 0.270 e. The number of hydrogen-bond donors (Lipinski definition) is 1. The maximum Gasteiger partial charge on any atom is 0.270 e. The van der Waals surface area contributed by atoms with E-state index >= 15 is 0 Å². The lowest BCUT2D eigenvalue weighted by atomic mass is 10.1. The zero-order chi connectivity index (χ0) is 18.6. The average molecular weight is 367 g/mol. The van der Waals surface area contributed by atoms with Crippen molar-refractivity contribution in [1.82, 2.24) is 10.3 Å². The third kappa shape index (κ3) is 3.55. The number of nitrogens with one attached hydrogen (secondary N) is 1. The highest BCUT2D eigenvalue weighted by Crippen LogP contribution is 2.31. The molecule has 1 atom stereocenters. The van der Waals surface area contributed by atoms with Crippen molar-refractivity contribution in [3.05, 3.63) is 48.5 Å². The van der Waals surface area contributed by atoms with Crippen LogP contribution in [0.25, 0.3) is 11.3 Å². The Kier molecular flexibility index (Phi) is 4.61. The summed E-state index contributed by atoms with van der Waals surface area (Å²) in [6.45, 7) is 2.60. The van der Waals surface area contributed by atoms with Gasteiger partial charge in [0.25, 0.3) is 5.91 Å². The van der Waals surface area contributed by atoms with Crippen LogP contribution >= 0.6 is 0 Å². The first-order chi connectivity index (χ1) is 13.2. The van der Waals surface area contributed by atoms with Crippen molar-refractivity contribution < 1.29 is 23.6 Å². The Morgan fingerprint density at radius 2 is 1.93 bits per heavy atom. The van der Waals surface area contributed by atoms with Crippen LogP contribution in [-0.4, -0.2) is 35.5 Å². The lowest BCUT2D eigenvalue weighted by Gasteiger charge is -2.25. The van der Waals surface area contributed by atoms with Gasteiger partial charge in [-0.25, -0.2) is 4.63 Å². The molecule has 3 aromatic rings. The average Bonchev–Trinajstić information content (AvgIpc) is 3.16. The minimum absolute atomic E-state index is 0.104. The van der Waals surface area contributed by atoms with Crippen molar-refractivity contribution in [3.63, 3.8) is 0 Å². The summed E-state index contributed by atoms with van der Waals surface area (Å²) in [5.41, 5.74) is 1.16. The number of carbonyl (C=O) groups excluding carboxylic acids is 1. The van der Waals surface area contributed by atoms with Crippen LogP contribution in [0.4, 0.5) is 5.82 Å². The summed E-state index contributed by atoms with van der Waals surface area (Å²) >= 11 is 0. The van der Waals surface area contributed by atoms with Gasteiger partial charge in [0.05, 0.1) is 6.61 Å². The van der Waals surface area contributed by atoms with Gasteiger partial charge >= 0.3 is 0 Å². The van der Waals surface area contributed by atoms with Crippen molar-refractivity contribution in [2.45, 2.75) is 13.0 Å². The molecule has 0 saturated carbocycles. The van der Waals surface area contributed by atoms with E-state index in [9.17, 15) is 4.79 Å². The Labute approximate surface area is 155 Å². The fourth-order valence-corrected chi connectivity index (χ4v) is 2.68. The Morgan fingerprint density at radius 3 is 2.70 bits per heavy atom. The predicted molar refractivity (Wildman–Crippen MR) is 95.9 cm³/mol. The fraction of sp³-hybridized carbons (Fsp3) is 0.211. The number of amides is 1. The number of hydrogen-bond acceptors (Lipinski definition) is 7. The molecular weight excluding hydrogens is 350 g/mol. The third-order valence-electron chi connectivity index (χ3n) is 3.97. The molecule has 8 heteroatoms. The quantitative estimate of drug-likeness (QED) is 0.741. The SMILES string of the molecule is CCOc1ccc(-c2nonc2NC(=O)C2COc3ccccc3O2)cc1. The second-order valence-electron chi connectivity index (χ2n) is 5.77. The van der Waals surface area contributed by atoms with Crippen LogP contribution in [0, 0.1) is 0 Å². The van der Waals surface area contributed by atoms with Crippen molar-refractivity contribution in [3.8, 4) is 28.5 Å². The van der Waals surface area contributed by atoms with Crippen LogP contribution in [0.5, 0.6) is 17.2 Å². The normalized spacial score (nSPS) is 15.2. The molecule has 1 N–H and O–H groups in total. The van der Waals surface area contributed by atoms with Gasteiger partial charge in [-0.15, -0.1) is 0 Å². The predicted octanol–water partition coefficient (Wildman–Crippen LogP) is 2.91. The molecule has 2 heterocycles. The van der Waals surface area contributed by atoms with Crippen molar-refractivity contribution >= 4 is 11.7 Å². The maximum absolute atomic E-state index is 12.6. The van der Waals surface area contributed by atoms with Gasteiger partial charge in [-0.05, 0) is 53.6 Å². The van der Waals surface area contributed by atoms with E-state index in [1.807, 2.05) is 43.3 Å². The number of nitrogens with zero attached hydrogens (tertiary/aromatic N) is 2. The van der Waals surface area contributed by atoms with E-state index in [1.165, 1.54) is 0 Å². The summed E-state index contributed by atoms with van der Waals surface area (Å²) in [6.07, 6.45) is -0.801. The zero-order valence-corrected chi connectivity index (χ0v) is 14.5. The van der Waals surface area contributed by atoms with Gasteiger partial charge in [-0.2, -0.15) is 0 Å². The van der Waals surface area contributed by atoms with Crippen LogP contribution in [0.2, 0.25) is 0 Å². The van der Waals surface area contributed by atoms with Crippen LogP contribution in [0.1, 0.15) is 6.92 Å². The summed E-state index contributed by atoms with van der Waals surface area (Å²) in [5.74, 6) is 1.70. The Morgan fingerprint density at radius 1 is 1.15 bits per heavy atom. The minimum atomic E-state index is -0.801. The molecule has 0 aliphatic carbocycles. The second kappa shape index (κ2) is 7.36. The number of carbonyl (C=O) groups is 1. The molecular formula is C19H17N3O5. The summed E-state index contributed by atoms with van der Waals surface area (Å²) in [7, 11) is 0. The van der Waals surface area contributed by atoms with E-state index in [2.05, 4.69) is 15.6 Å². The minimum Gasteiger partial charge on any atom is -0.494 e. The number of ether oxygens (including phenoxy) is 3. The first-order valence-electron chi connectivity index (χ1n) is 8.49. The maximum atomic E-state index is 12.6. The van der Waals surface area contributed by atoms with E-state index in [4.69, 9.17) is 18.8 Å². The molecule has 4 rings (SSSR count). The first kappa shape index (κ1) is 16.9. The molecule has 8 nitrogen and oxygen atoms in total. The monoisotopic (exact) mass is 367 g/mol. The number of benzene rings is 2. The topological polar surface area (TPSA) is 95.7 Å². The van der Waals surface area contributed by atoms with Gasteiger partial charge in [-0.3, -0.25) is 4.79 Å². The molecule has 0 radical (unpaired) electrons. The molecule has 138 valence electrons. The van der Waals surface area contributed by atoms with Gasteiger partial charge in [0.1, 0.15) is 12.4 Å². The van der Waals surface area contributed by atoms with E-state index in [0.717, 1.165) is 11.3 Å². The number of rotatable bonds is 5. The first-order valence-corrected chi connectivity index (χ1v) is 8.49. The van der Waals surface area contributed by atoms with Gasteiger partial charge in [0.2, 0.25) is 11.9 Å². The Hall–Kier alpha value is -3.55. The van der Waals surface area contributed by atoms with E-state index < -0.39 is 12.0 Å². The zero-order valence-electron chi connectivity index (χ0n) is 14.5. The Balaban J connectivity index is 1.48. The largest absolute Gasteiger partial charge is 0.494 e. The number of anilines is 1. The molecule has 27 heavy (non-hydrogen) atoms. The molecule has 2 aromatic carbocycles. The fourth-order valence-electron chi connectivity index (χ4n) is 2.68. The Bertz CT molecular complexity index is 939. The highest BCUT2D eigenvalue weighted by atomic mass is 16.6. The summed E-state index contributed by atoms with van der Waals surface area (Å²) in [6, 6.07) is 14.4. The molecule has 0 bridgehead atoms. The molecule has 1 aromatic heterocycles. The highest BCUT2D eigenvalue weighted by Gasteiger charge is 2.29. The van der Waals surface area contributed by atoms with Crippen LogP contribution in [0.3, 0.4) is 0 Å². The van der Waals surface area contributed by atoms with Gasteiger partial charge in [-0.1, -0.05) is 12.1 Å². The molecule has 1 aliphatic heterocycles. The van der Waals surface area contributed by atoms with Crippen LogP contribution in [0.15, 0.2) is 53.2 Å².